The zero-order chi connectivity index (χ0) is 20.1. The van der Waals surface area contributed by atoms with Crippen molar-refractivity contribution in [2.24, 2.45) is 0 Å². The highest BCUT2D eigenvalue weighted by Gasteiger charge is 2.32. The minimum atomic E-state index is -3.50. The lowest BCUT2D eigenvalue weighted by atomic mass is 10.1. The standard InChI is InChI=1S/C18H23NO4S4/c1-18(19(2)3,14-24-26(20,21)16-10-6-4-7-11-16)15-25-27(22,23)17-12-8-5-9-13-17/h4-13H,14-15H2,1-3H3. The van der Waals surface area contributed by atoms with Crippen LogP contribution in [-0.2, 0) is 17.7 Å². The quantitative estimate of drug-likeness (QED) is 0.547. The number of rotatable bonds is 9. The summed E-state index contributed by atoms with van der Waals surface area (Å²) >= 11 is 0. The van der Waals surface area contributed by atoms with Crippen LogP contribution in [0.5, 0.6) is 0 Å². The normalized spacial score (nSPS) is 13.0. The van der Waals surface area contributed by atoms with Crippen LogP contribution < -0.4 is 0 Å². The van der Waals surface area contributed by atoms with Gasteiger partial charge in [0.2, 0.25) is 17.7 Å². The maximum Gasteiger partial charge on any atom is 0.230 e. The fraction of sp³-hybridized carbons (Fsp3) is 0.333. The van der Waals surface area contributed by atoms with Crippen LogP contribution in [0.3, 0.4) is 0 Å². The van der Waals surface area contributed by atoms with E-state index >= 15 is 0 Å². The molecule has 0 aliphatic heterocycles. The summed E-state index contributed by atoms with van der Waals surface area (Å²) in [6.45, 7) is 1.87. The van der Waals surface area contributed by atoms with Crippen molar-refractivity contribution < 1.29 is 16.8 Å². The van der Waals surface area contributed by atoms with Gasteiger partial charge in [-0.2, -0.15) is 0 Å². The Morgan fingerprint density at radius 3 is 1.37 bits per heavy atom. The molecule has 0 bridgehead atoms. The molecule has 0 atom stereocenters. The van der Waals surface area contributed by atoms with Gasteiger partial charge in [-0.15, -0.1) is 0 Å². The second-order valence-corrected chi connectivity index (χ2v) is 14.3. The smallest absolute Gasteiger partial charge is 0.230 e. The molecule has 0 unspecified atom stereocenters. The van der Waals surface area contributed by atoms with Gasteiger partial charge in [0.15, 0.2) is 0 Å². The van der Waals surface area contributed by atoms with E-state index in [0.717, 1.165) is 21.6 Å². The molecule has 0 aliphatic carbocycles. The number of hydrogen-bond acceptors (Lipinski definition) is 7. The Morgan fingerprint density at radius 1 is 0.741 bits per heavy atom. The van der Waals surface area contributed by atoms with Crippen molar-refractivity contribution in [2.75, 3.05) is 25.6 Å². The fourth-order valence-electron chi connectivity index (χ4n) is 2.02. The second kappa shape index (κ2) is 9.00. The van der Waals surface area contributed by atoms with Crippen LogP contribution >= 0.6 is 21.6 Å². The molecule has 2 aromatic rings. The van der Waals surface area contributed by atoms with Crippen molar-refractivity contribution in [1.82, 2.24) is 4.90 Å². The van der Waals surface area contributed by atoms with E-state index in [1.165, 1.54) is 0 Å². The van der Waals surface area contributed by atoms with Crippen molar-refractivity contribution >= 4 is 39.3 Å². The van der Waals surface area contributed by atoms with Gasteiger partial charge in [-0.05, 0) is 66.9 Å². The van der Waals surface area contributed by atoms with E-state index in [2.05, 4.69) is 0 Å². The molecule has 0 N–H and O–H groups in total. The molecular formula is C18H23NO4S4. The zero-order valence-electron chi connectivity index (χ0n) is 15.4. The highest BCUT2D eigenvalue weighted by atomic mass is 33.1. The Hall–Kier alpha value is -1.00. The van der Waals surface area contributed by atoms with Gasteiger partial charge < -0.3 is 4.90 Å². The highest BCUT2D eigenvalue weighted by molar-refractivity contribution is 8.72. The van der Waals surface area contributed by atoms with Crippen LogP contribution in [0.1, 0.15) is 6.92 Å². The van der Waals surface area contributed by atoms with E-state index in [-0.39, 0.29) is 21.3 Å². The van der Waals surface area contributed by atoms with Gasteiger partial charge in [-0.1, -0.05) is 36.4 Å². The van der Waals surface area contributed by atoms with E-state index in [4.69, 9.17) is 0 Å². The fourth-order valence-corrected chi connectivity index (χ4v) is 8.88. The van der Waals surface area contributed by atoms with Gasteiger partial charge in [-0.25, -0.2) is 16.8 Å². The predicted molar refractivity (Wildman–Crippen MR) is 114 cm³/mol. The van der Waals surface area contributed by atoms with E-state index in [1.807, 2.05) is 25.9 Å². The molecule has 0 aliphatic rings. The first-order chi connectivity index (χ1) is 12.6. The molecule has 0 fully saturated rings. The first-order valence-electron chi connectivity index (χ1n) is 8.13. The minimum absolute atomic E-state index is 0.245. The Morgan fingerprint density at radius 2 is 1.07 bits per heavy atom. The van der Waals surface area contributed by atoms with Crippen molar-refractivity contribution in [3.05, 3.63) is 60.7 Å². The maximum atomic E-state index is 12.5. The van der Waals surface area contributed by atoms with Crippen molar-refractivity contribution in [3.8, 4) is 0 Å². The van der Waals surface area contributed by atoms with Gasteiger partial charge in [0.25, 0.3) is 0 Å². The Kier molecular flexibility index (Phi) is 7.43. The molecule has 2 rings (SSSR count). The average Bonchev–Trinajstić information content (AvgIpc) is 2.66. The van der Waals surface area contributed by atoms with Crippen molar-refractivity contribution in [1.29, 1.82) is 0 Å². The number of benzene rings is 2. The SMILES string of the molecule is CN(C)C(C)(CSS(=O)(=O)c1ccccc1)CSS(=O)(=O)c1ccccc1. The van der Waals surface area contributed by atoms with Crippen molar-refractivity contribution in [3.63, 3.8) is 0 Å². The van der Waals surface area contributed by atoms with Gasteiger partial charge in [0, 0.05) is 17.0 Å². The summed E-state index contributed by atoms with van der Waals surface area (Å²) in [4.78, 5) is 2.37. The Labute approximate surface area is 169 Å². The second-order valence-electron chi connectivity index (χ2n) is 6.45. The van der Waals surface area contributed by atoms with Crippen LogP contribution in [0.15, 0.2) is 70.5 Å². The first-order valence-corrected chi connectivity index (χ1v) is 14.1. The largest absolute Gasteiger partial charge is 0.302 e. The van der Waals surface area contributed by atoms with Gasteiger partial charge in [-0.3, -0.25) is 0 Å². The molecular weight excluding hydrogens is 422 g/mol. The molecule has 0 radical (unpaired) electrons. The summed E-state index contributed by atoms with van der Waals surface area (Å²) in [5.41, 5.74) is -0.626. The van der Waals surface area contributed by atoms with Crippen LogP contribution in [-0.4, -0.2) is 52.9 Å². The monoisotopic (exact) mass is 445 g/mol. The lowest BCUT2D eigenvalue weighted by molar-refractivity contribution is 0.230. The summed E-state index contributed by atoms with van der Waals surface area (Å²) in [5.74, 6) is 0.489. The molecule has 2 aromatic carbocycles. The van der Waals surface area contributed by atoms with Crippen LogP contribution in [0.2, 0.25) is 0 Å². The van der Waals surface area contributed by atoms with Gasteiger partial charge in [0.05, 0.1) is 9.79 Å². The maximum absolute atomic E-state index is 12.5. The minimum Gasteiger partial charge on any atom is -0.302 e. The van der Waals surface area contributed by atoms with E-state index in [0.29, 0.717) is 0 Å². The van der Waals surface area contributed by atoms with Crippen LogP contribution in [0, 0.1) is 0 Å². The molecule has 0 heterocycles. The van der Waals surface area contributed by atoms with Gasteiger partial charge >= 0.3 is 0 Å². The van der Waals surface area contributed by atoms with Gasteiger partial charge in [0.1, 0.15) is 0 Å². The van der Waals surface area contributed by atoms with Crippen molar-refractivity contribution in [2.45, 2.75) is 22.3 Å². The Bertz CT molecular complexity index is 870. The molecule has 0 saturated heterocycles. The number of hydrogen-bond donors (Lipinski definition) is 0. The summed E-state index contributed by atoms with van der Waals surface area (Å²) in [7, 11) is -1.68. The molecule has 9 heteroatoms. The number of nitrogens with zero attached hydrogens (tertiary/aromatic N) is 1. The highest BCUT2D eigenvalue weighted by Crippen LogP contribution is 2.33. The van der Waals surface area contributed by atoms with Crippen LogP contribution in [0.25, 0.3) is 0 Å². The Balaban J connectivity index is 2.11. The lowest BCUT2D eigenvalue weighted by Gasteiger charge is -2.35. The van der Waals surface area contributed by atoms with E-state index in [9.17, 15) is 16.8 Å². The topological polar surface area (TPSA) is 71.5 Å². The summed E-state index contributed by atoms with van der Waals surface area (Å²) in [5, 5.41) is 0. The molecule has 0 aromatic heterocycles. The third kappa shape index (κ3) is 5.99. The molecule has 5 nitrogen and oxygen atoms in total. The predicted octanol–water partition coefficient (Wildman–Crippen LogP) is 3.55. The summed E-state index contributed by atoms with van der Waals surface area (Å²) in [6.07, 6.45) is 0. The zero-order valence-corrected chi connectivity index (χ0v) is 18.7. The third-order valence-corrected chi connectivity index (χ3v) is 11.7. The summed E-state index contributed by atoms with van der Waals surface area (Å²) in [6, 6.07) is 16.5. The molecule has 27 heavy (non-hydrogen) atoms. The lowest BCUT2D eigenvalue weighted by Crippen LogP contribution is -2.46. The average molecular weight is 446 g/mol. The molecule has 0 saturated carbocycles. The first kappa shape index (κ1) is 22.3. The molecule has 148 valence electrons. The van der Waals surface area contributed by atoms with Crippen LogP contribution in [0.4, 0.5) is 0 Å². The molecule has 0 spiro atoms. The summed E-state index contributed by atoms with van der Waals surface area (Å²) < 4.78 is 50.2. The van der Waals surface area contributed by atoms with E-state index < -0.39 is 23.3 Å². The molecule has 0 amide bonds. The third-order valence-electron chi connectivity index (χ3n) is 4.19. The van der Waals surface area contributed by atoms with E-state index in [1.54, 1.807) is 60.7 Å².